The van der Waals surface area contributed by atoms with Crippen LogP contribution < -0.4 is 4.90 Å². The van der Waals surface area contributed by atoms with Crippen molar-refractivity contribution in [2.75, 3.05) is 4.90 Å². The van der Waals surface area contributed by atoms with Gasteiger partial charge in [0.2, 0.25) is 0 Å². The summed E-state index contributed by atoms with van der Waals surface area (Å²) in [6.45, 7) is 0. The number of thioether (sulfide) groups is 1. The van der Waals surface area contributed by atoms with Crippen LogP contribution in [0.25, 0.3) is 33.1 Å². The van der Waals surface area contributed by atoms with Gasteiger partial charge in [0.25, 0.3) is 0 Å². The van der Waals surface area contributed by atoms with Gasteiger partial charge in [0.1, 0.15) is 0 Å². The third-order valence-electron chi connectivity index (χ3n) is 10.5. The lowest BCUT2D eigenvalue weighted by atomic mass is 9.80. The fourth-order valence-electron chi connectivity index (χ4n) is 8.49. The van der Waals surface area contributed by atoms with Crippen molar-refractivity contribution >= 4 is 44.8 Å². The van der Waals surface area contributed by atoms with Crippen molar-refractivity contribution in [3.05, 3.63) is 169 Å². The highest BCUT2D eigenvalue weighted by molar-refractivity contribution is 8.00. The molecule has 6 unspecified atom stereocenters. The molecule has 0 bridgehead atoms. The normalized spacial score (nSPS) is 27.1. The number of nitrogens with zero attached hydrogens (tertiary/aromatic N) is 2. The van der Waals surface area contributed by atoms with Crippen LogP contribution >= 0.6 is 11.8 Å². The van der Waals surface area contributed by atoms with E-state index >= 15 is 0 Å². The third-order valence-corrected chi connectivity index (χ3v) is 11.8. The zero-order valence-corrected chi connectivity index (χ0v) is 25.6. The zero-order chi connectivity index (χ0) is 29.5. The van der Waals surface area contributed by atoms with Gasteiger partial charge in [-0.05, 0) is 59.2 Å². The Hall–Kier alpha value is -4.73. The molecule has 6 atom stereocenters. The minimum absolute atomic E-state index is 0.338. The van der Waals surface area contributed by atoms with Crippen LogP contribution in [0.4, 0.5) is 5.69 Å². The number of fused-ring (bicyclic) bond motifs is 9. The topological polar surface area (TPSA) is 8.17 Å². The molecule has 5 aromatic rings. The summed E-state index contributed by atoms with van der Waals surface area (Å²) in [5.74, 6) is 1.31. The molecule has 216 valence electrons. The van der Waals surface area contributed by atoms with E-state index in [0.29, 0.717) is 35.1 Å². The first-order valence-electron chi connectivity index (χ1n) is 16.1. The Labute approximate surface area is 268 Å². The molecule has 0 N–H and O–H groups in total. The number of hydrogen-bond acceptors (Lipinski definition) is 2. The van der Waals surface area contributed by atoms with Crippen LogP contribution in [0.3, 0.4) is 0 Å². The second kappa shape index (κ2) is 9.89. The summed E-state index contributed by atoms with van der Waals surface area (Å²) in [5.41, 5.74) is 9.11. The van der Waals surface area contributed by atoms with Crippen LogP contribution in [0.15, 0.2) is 163 Å². The lowest BCUT2D eigenvalue weighted by Crippen LogP contribution is -2.36. The van der Waals surface area contributed by atoms with E-state index in [2.05, 4.69) is 167 Å². The van der Waals surface area contributed by atoms with Gasteiger partial charge in [-0.1, -0.05) is 115 Å². The summed E-state index contributed by atoms with van der Waals surface area (Å²) in [7, 11) is 0. The summed E-state index contributed by atoms with van der Waals surface area (Å²) in [6.07, 6.45) is 25.8. The van der Waals surface area contributed by atoms with E-state index in [9.17, 15) is 0 Å². The predicted molar refractivity (Wildman–Crippen MR) is 190 cm³/mol. The molecule has 3 heterocycles. The molecule has 2 aliphatic heterocycles. The Bertz CT molecular complexity index is 2190. The molecule has 5 aliphatic rings. The van der Waals surface area contributed by atoms with E-state index in [0.717, 1.165) is 0 Å². The summed E-state index contributed by atoms with van der Waals surface area (Å²) >= 11 is 1.99. The van der Waals surface area contributed by atoms with Gasteiger partial charge in [0.05, 0.1) is 23.1 Å². The molecule has 2 nitrogen and oxygen atoms in total. The maximum atomic E-state index is 2.62. The van der Waals surface area contributed by atoms with Crippen LogP contribution in [-0.4, -0.2) is 21.9 Å². The number of rotatable bonds is 3. The van der Waals surface area contributed by atoms with Crippen LogP contribution in [0.1, 0.15) is 17.0 Å². The van der Waals surface area contributed by atoms with Crippen LogP contribution in [-0.2, 0) is 0 Å². The molecule has 0 radical (unpaired) electrons. The van der Waals surface area contributed by atoms with Crippen LogP contribution in [0.5, 0.6) is 0 Å². The van der Waals surface area contributed by atoms with E-state index in [-0.39, 0.29) is 0 Å². The Balaban J connectivity index is 1.09. The summed E-state index contributed by atoms with van der Waals surface area (Å²) in [5, 5.41) is 3.11. The Kier molecular flexibility index (Phi) is 5.62. The lowest BCUT2D eigenvalue weighted by molar-refractivity contribution is 0.528. The van der Waals surface area contributed by atoms with E-state index < -0.39 is 0 Å². The Morgan fingerprint density at radius 3 is 2.33 bits per heavy atom. The van der Waals surface area contributed by atoms with E-state index in [1.54, 1.807) is 0 Å². The van der Waals surface area contributed by atoms with E-state index in [1.807, 2.05) is 11.8 Å². The monoisotopic (exact) mass is 596 g/mol. The number of aromatic nitrogens is 1. The lowest BCUT2D eigenvalue weighted by Gasteiger charge is -2.32. The summed E-state index contributed by atoms with van der Waals surface area (Å²) in [4.78, 5) is 4.03. The molecule has 3 heteroatoms. The first kappa shape index (κ1) is 25.6. The highest BCUT2D eigenvalue weighted by Crippen LogP contribution is 2.49. The van der Waals surface area contributed by atoms with Gasteiger partial charge in [-0.2, -0.15) is 0 Å². The summed E-state index contributed by atoms with van der Waals surface area (Å²) < 4.78 is 2.49. The largest absolute Gasteiger partial charge is 0.357 e. The van der Waals surface area contributed by atoms with Crippen molar-refractivity contribution in [3.8, 4) is 5.69 Å². The van der Waals surface area contributed by atoms with Crippen molar-refractivity contribution in [1.29, 1.82) is 0 Å². The minimum atomic E-state index is 0.338. The average molecular weight is 597 g/mol. The SMILES string of the molecule is C1=CC2Sc3ccc(-n4c5ccccc5c5ccc(C6=CC7C8C=CC=CC8N(c8ccccc8)C7C=C6)cc54)cc3C2C=C1. The Morgan fingerprint density at radius 1 is 0.578 bits per heavy atom. The van der Waals surface area contributed by atoms with Crippen molar-refractivity contribution in [3.63, 3.8) is 0 Å². The van der Waals surface area contributed by atoms with Gasteiger partial charge < -0.3 is 9.47 Å². The van der Waals surface area contributed by atoms with Gasteiger partial charge in [0, 0.05) is 50.0 Å². The number of allylic oxidation sites excluding steroid dienone is 7. The Morgan fingerprint density at radius 2 is 1.38 bits per heavy atom. The molecule has 1 fully saturated rings. The molecule has 0 spiro atoms. The molecule has 0 amide bonds. The van der Waals surface area contributed by atoms with Crippen LogP contribution in [0.2, 0.25) is 0 Å². The second-order valence-corrected chi connectivity index (χ2v) is 14.0. The molecule has 1 saturated heterocycles. The van der Waals surface area contributed by atoms with Crippen molar-refractivity contribution in [2.45, 2.75) is 28.1 Å². The third kappa shape index (κ3) is 3.83. The fraction of sp³-hybridized carbons (Fsp3) is 0.143. The van der Waals surface area contributed by atoms with Crippen LogP contribution in [0, 0.1) is 11.8 Å². The van der Waals surface area contributed by atoms with Gasteiger partial charge in [-0.3, -0.25) is 0 Å². The van der Waals surface area contributed by atoms with Gasteiger partial charge in [-0.15, -0.1) is 11.8 Å². The zero-order valence-electron chi connectivity index (χ0n) is 24.8. The number of anilines is 1. The fourth-order valence-corrected chi connectivity index (χ4v) is 9.81. The minimum Gasteiger partial charge on any atom is -0.357 e. The molecule has 10 rings (SSSR count). The molecule has 0 saturated carbocycles. The first-order chi connectivity index (χ1) is 22.3. The predicted octanol–water partition coefficient (Wildman–Crippen LogP) is 10.0. The maximum Gasteiger partial charge on any atom is 0.0552 e. The highest BCUT2D eigenvalue weighted by Gasteiger charge is 2.46. The molecule has 3 aliphatic carbocycles. The molecule has 4 aromatic carbocycles. The van der Waals surface area contributed by atoms with Crippen molar-refractivity contribution in [2.24, 2.45) is 11.8 Å². The van der Waals surface area contributed by atoms with Crippen molar-refractivity contribution in [1.82, 2.24) is 4.57 Å². The molecular formula is C42H32N2S. The number of benzene rings is 4. The van der Waals surface area contributed by atoms with E-state index in [4.69, 9.17) is 0 Å². The standard InChI is InChI=1S/C42H32N2S/c1-2-10-29(11-3-1)43-38-16-8-5-13-32(38)35-24-27(19-22-39(35)43)28-18-21-33-31-12-4-7-15-37(31)44(40(33)25-28)30-20-23-42-36(26-30)34-14-6-9-17-41(34)45-42/h1-26,32,34-35,38-39,41H. The van der Waals surface area contributed by atoms with Crippen molar-refractivity contribution < 1.29 is 0 Å². The second-order valence-electron chi connectivity index (χ2n) is 12.8. The van der Waals surface area contributed by atoms with Gasteiger partial charge in [-0.25, -0.2) is 0 Å². The number of para-hydroxylation sites is 2. The number of hydrogen-bond donors (Lipinski definition) is 0. The summed E-state index contributed by atoms with van der Waals surface area (Å²) in [6, 6.07) is 34.7. The highest BCUT2D eigenvalue weighted by atomic mass is 32.2. The molecular weight excluding hydrogens is 565 g/mol. The molecule has 1 aromatic heterocycles. The van der Waals surface area contributed by atoms with E-state index in [1.165, 1.54) is 54.8 Å². The first-order valence-corrected chi connectivity index (χ1v) is 17.0. The average Bonchev–Trinajstić information content (AvgIpc) is 3.75. The maximum absolute atomic E-state index is 2.62. The molecule has 45 heavy (non-hydrogen) atoms. The quantitative estimate of drug-likeness (QED) is 0.205. The smallest absolute Gasteiger partial charge is 0.0552 e. The van der Waals surface area contributed by atoms with Gasteiger partial charge in [0.15, 0.2) is 0 Å². The van der Waals surface area contributed by atoms with Gasteiger partial charge >= 0.3 is 0 Å².